The van der Waals surface area contributed by atoms with Crippen LogP contribution in [0.2, 0.25) is 0 Å². The predicted molar refractivity (Wildman–Crippen MR) is 57.2 cm³/mol. The van der Waals surface area contributed by atoms with Gasteiger partial charge in [0.15, 0.2) is 0 Å². The van der Waals surface area contributed by atoms with Crippen molar-refractivity contribution in [2.75, 3.05) is 13.1 Å². The number of carbonyl (C=O) groups is 1. The Hall–Kier alpha value is -0.300. The molecule has 6 heteroatoms. The molecule has 0 fully saturated rings. The number of rotatable bonds is 7. The standard InChI is InChI=1S/C8H18N2O3S/c1-6(2)9-4-5-10(14-13)7(3)8(11)12/h6-7,9,13H,4-5H2,1-3H3,(H,11,12)/t7-/m1/s1. The summed E-state index contributed by atoms with van der Waals surface area (Å²) < 4.78 is 10.3. The Morgan fingerprint density at radius 1 is 1.50 bits per heavy atom. The minimum atomic E-state index is -0.934. The fraction of sp³-hybridized carbons (Fsp3) is 0.875. The van der Waals surface area contributed by atoms with Gasteiger partial charge in [0.05, 0.1) is 12.2 Å². The fourth-order valence-electron chi connectivity index (χ4n) is 0.892. The number of nitrogens with zero attached hydrogens (tertiary/aromatic N) is 1. The van der Waals surface area contributed by atoms with E-state index in [0.29, 0.717) is 31.4 Å². The molecule has 0 bridgehead atoms. The zero-order valence-corrected chi connectivity index (χ0v) is 9.54. The first kappa shape index (κ1) is 13.7. The third kappa shape index (κ3) is 5.43. The van der Waals surface area contributed by atoms with Gasteiger partial charge in [0.1, 0.15) is 6.04 Å². The first-order valence-corrected chi connectivity index (χ1v) is 5.26. The first-order valence-electron chi connectivity index (χ1n) is 4.53. The SMILES string of the molecule is CC(C)NCCN(SO)[C@H](C)C(=O)O. The molecule has 3 N–H and O–H groups in total. The molecule has 0 aliphatic carbocycles. The van der Waals surface area contributed by atoms with E-state index in [4.69, 9.17) is 9.66 Å². The Labute approximate surface area is 88.8 Å². The largest absolute Gasteiger partial charge is 0.480 e. The van der Waals surface area contributed by atoms with E-state index in [9.17, 15) is 4.79 Å². The fourth-order valence-corrected chi connectivity index (χ4v) is 1.30. The van der Waals surface area contributed by atoms with Gasteiger partial charge in [-0.05, 0) is 6.92 Å². The topological polar surface area (TPSA) is 72.8 Å². The van der Waals surface area contributed by atoms with Crippen LogP contribution in [0.1, 0.15) is 20.8 Å². The Kier molecular flexibility index (Phi) is 6.90. The van der Waals surface area contributed by atoms with Crippen LogP contribution < -0.4 is 5.32 Å². The van der Waals surface area contributed by atoms with Crippen molar-refractivity contribution in [3.63, 3.8) is 0 Å². The van der Waals surface area contributed by atoms with E-state index >= 15 is 0 Å². The highest BCUT2D eigenvalue weighted by Gasteiger charge is 2.20. The summed E-state index contributed by atoms with van der Waals surface area (Å²) in [6, 6.07) is -0.320. The Morgan fingerprint density at radius 3 is 2.43 bits per heavy atom. The Balaban J connectivity index is 3.84. The molecule has 0 saturated carbocycles. The molecule has 0 spiro atoms. The van der Waals surface area contributed by atoms with Crippen molar-refractivity contribution >= 4 is 18.2 Å². The first-order chi connectivity index (χ1) is 6.49. The smallest absolute Gasteiger partial charge is 0.321 e. The lowest BCUT2D eigenvalue weighted by molar-refractivity contribution is -0.140. The van der Waals surface area contributed by atoms with Gasteiger partial charge in [-0.1, -0.05) is 13.8 Å². The van der Waals surface area contributed by atoms with Gasteiger partial charge in [-0.25, -0.2) is 4.31 Å². The summed E-state index contributed by atoms with van der Waals surface area (Å²) in [6.45, 7) is 6.71. The zero-order chi connectivity index (χ0) is 11.1. The summed E-state index contributed by atoms with van der Waals surface area (Å²) in [5, 5.41) is 11.9. The van der Waals surface area contributed by atoms with Gasteiger partial charge < -0.3 is 15.0 Å². The van der Waals surface area contributed by atoms with Crippen LogP contribution in [-0.4, -0.2) is 45.1 Å². The van der Waals surface area contributed by atoms with Crippen LogP contribution in [0.5, 0.6) is 0 Å². The number of nitrogens with one attached hydrogen (secondary N) is 1. The molecule has 0 heterocycles. The monoisotopic (exact) mass is 222 g/mol. The summed E-state index contributed by atoms with van der Waals surface area (Å²) in [6.07, 6.45) is 0. The Morgan fingerprint density at radius 2 is 2.07 bits per heavy atom. The molecule has 0 rings (SSSR count). The van der Waals surface area contributed by atoms with E-state index in [1.165, 1.54) is 4.31 Å². The quantitative estimate of drug-likeness (QED) is 0.439. The van der Waals surface area contributed by atoms with Crippen LogP contribution in [0.3, 0.4) is 0 Å². The molecule has 0 aromatic heterocycles. The predicted octanol–water partition coefficient (Wildman–Crippen LogP) is 0.881. The van der Waals surface area contributed by atoms with E-state index in [-0.39, 0.29) is 0 Å². The summed E-state index contributed by atoms with van der Waals surface area (Å²) in [5.74, 6) is -0.934. The van der Waals surface area contributed by atoms with Gasteiger partial charge >= 0.3 is 5.97 Å². The highest BCUT2D eigenvalue weighted by Crippen LogP contribution is 2.09. The van der Waals surface area contributed by atoms with Crippen molar-refractivity contribution in [1.29, 1.82) is 0 Å². The maximum Gasteiger partial charge on any atom is 0.321 e. The van der Waals surface area contributed by atoms with Gasteiger partial charge in [0.25, 0.3) is 0 Å². The van der Waals surface area contributed by atoms with Crippen molar-refractivity contribution in [3.8, 4) is 0 Å². The van der Waals surface area contributed by atoms with Crippen LogP contribution in [0.15, 0.2) is 0 Å². The lowest BCUT2D eigenvalue weighted by atomic mass is 10.3. The van der Waals surface area contributed by atoms with E-state index in [0.717, 1.165) is 0 Å². The normalized spacial score (nSPS) is 13.6. The molecule has 5 nitrogen and oxygen atoms in total. The maximum absolute atomic E-state index is 10.6. The summed E-state index contributed by atoms with van der Waals surface area (Å²) in [7, 11) is 0. The van der Waals surface area contributed by atoms with Gasteiger partial charge in [-0.15, -0.1) is 0 Å². The van der Waals surface area contributed by atoms with Crippen LogP contribution >= 0.6 is 12.2 Å². The lowest BCUT2D eigenvalue weighted by Gasteiger charge is -2.22. The number of carboxylic acids is 1. The molecular weight excluding hydrogens is 204 g/mol. The molecule has 14 heavy (non-hydrogen) atoms. The molecule has 0 aliphatic rings. The molecule has 1 atom stereocenters. The van der Waals surface area contributed by atoms with Gasteiger partial charge in [-0.3, -0.25) is 4.79 Å². The minimum Gasteiger partial charge on any atom is -0.480 e. The maximum atomic E-state index is 10.6. The van der Waals surface area contributed by atoms with Crippen molar-refractivity contribution in [2.45, 2.75) is 32.9 Å². The third-order valence-corrected chi connectivity index (χ3v) is 2.49. The van der Waals surface area contributed by atoms with Crippen molar-refractivity contribution < 1.29 is 14.5 Å². The molecule has 0 aliphatic heterocycles. The average molecular weight is 222 g/mol. The average Bonchev–Trinajstić information content (AvgIpc) is 2.10. The van der Waals surface area contributed by atoms with E-state index < -0.39 is 12.0 Å². The van der Waals surface area contributed by atoms with Gasteiger partial charge in [-0.2, -0.15) is 0 Å². The summed E-state index contributed by atoms with van der Waals surface area (Å²) in [4.78, 5) is 10.6. The summed E-state index contributed by atoms with van der Waals surface area (Å²) in [5.41, 5.74) is 0. The minimum absolute atomic E-state index is 0.362. The molecule has 0 aromatic carbocycles. The molecule has 0 radical (unpaired) electrons. The number of hydrogen-bond acceptors (Lipinski definition) is 5. The van der Waals surface area contributed by atoms with E-state index in [1.54, 1.807) is 6.92 Å². The zero-order valence-electron chi connectivity index (χ0n) is 8.73. The van der Waals surface area contributed by atoms with Crippen LogP contribution in [0.4, 0.5) is 0 Å². The molecule has 0 saturated heterocycles. The van der Waals surface area contributed by atoms with Crippen LogP contribution in [0, 0.1) is 0 Å². The van der Waals surface area contributed by atoms with E-state index in [2.05, 4.69) is 5.32 Å². The lowest BCUT2D eigenvalue weighted by Crippen LogP contribution is -2.39. The van der Waals surface area contributed by atoms with Crippen molar-refractivity contribution in [3.05, 3.63) is 0 Å². The second-order valence-electron chi connectivity index (χ2n) is 3.35. The summed E-state index contributed by atoms with van der Waals surface area (Å²) >= 11 is 0.471. The van der Waals surface area contributed by atoms with Crippen LogP contribution in [0.25, 0.3) is 0 Å². The van der Waals surface area contributed by atoms with Crippen molar-refractivity contribution in [1.82, 2.24) is 9.62 Å². The van der Waals surface area contributed by atoms with Crippen LogP contribution in [-0.2, 0) is 4.79 Å². The second kappa shape index (κ2) is 7.05. The Bertz CT molecular complexity index is 178. The van der Waals surface area contributed by atoms with E-state index in [1.807, 2.05) is 13.8 Å². The number of hydrogen-bond donors (Lipinski definition) is 3. The molecule has 84 valence electrons. The number of carboxylic acid groups (broad SMARTS) is 1. The molecule has 0 amide bonds. The van der Waals surface area contributed by atoms with Gasteiger partial charge in [0.2, 0.25) is 0 Å². The molecule has 0 aromatic rings. The highest BCUT2D eigenvalue weighted by molar-refractivity contribution is 7.91. The molecular formula is C8H18N2O3S. The second-order valence-corrected chi connectivity index (χ2v) is 3.98. The van der Waals surface area contributed by atoms with Crippen molar-refractivity contribution in [2.24, 2.45) is 0 Å². The van der Waals surface area contributed by atoms with Gasteiger partial charge in [0, 0.05) is 19.1 Å². The molecule has 0 unspecified atom stereocenters. The third-order valence-electron chi connectivity index (χ3n) is 1.78. The number of aliphatic carboxylic acids is 1. The highest BCUT2D eigenvalue weighted by atomic mass is 32.2.